The Morgan fingerprint density at radius 2 is 0.800 bits per heavy atom. The van der Waals surface area contributed by atoms with Crippen LogP contribution in [0.4, 0.5) is 17.1 Å². The minimum Gasteiger partial charge on any atom is -0.454 e. The molecule has 7 aromatic rings. The molecule has 214 valence electrons. The quantitative estimate of drug-likeness (QED) is 0.190. The van der Waals surface area contributed by atoms with Crippen molar-refractivity contribution >= 4 is 28.8 Å². The first kappa shape index (κ1) is 27.1. The maximum Gasteiger partial charge on any atom is 0.149 e. The van der Waals surface area contributed by atoms with Crippen LogP contribution in [0, 0.1) is 0 Å². The molecule has 1 heterocycles. The van der Waals surface area contributed by atoms with Gasteiger partial charge in [-0.2, -0.15) is 0 Å². The largest absolute Gasteiger partial charge is 0.454 e. The first-order valence-electron chi connectivity index (χ1n) is 15.1. The first-order chi connectivity index (χ1) is 22.3. The van der Waals surface area contributed by atoms with Gasteiger partial charge in [0.05, 0.1) is 9.79 Å². The number of hydrogen-bond acceptors (Lipinski definition) is 3. The van der Waals surface area contributed by atoms with Crippen LogP contribution in [0.2, 0.25) is 0 Å². The van der Waals surface area contributed by atoms with Crippen molar-refractivity contribution in [3.05, 3.63) is 176 Å². The van der Waals surface area contributed by atoms with E-state index >= 15 is 0 Å². The molecule has 7 aromatic carbocycles. The zero-order chi connectivity index (χ0) is 30.0. The third-order valence-electron chi connectivity index (χ3n) is 8.16. The van der Waals surface area contributed by atoms with Crippen molar-refractivity contribution in [2.24, 2.45) is 0 Å². The Bertz CT molecular complexity index is 1990. The maximum atomic E-state index is 6.44. The van der Waals surface area contributed by atoms with E-state index in [1.165, 1.54) is 22.3 Å². The highest BCUT2D eigenvalue weighted by Crippen LogP contribution is 2.50. The molecule has 0 saturated heterocycles. The van der Waals surface area contributed by atoms with Gasteiger partial charge in [-0.3, -0.25) is 0 Å². The highest BCUT2D eigenvalue weighted by molar-refractivity contribution is 7.99. The Morgan fingerprint density at radius 1 is 0.356 bits per heavy atom. The second-order valence-electron chi connectivity index (χ2n) is 11.0. The fraction of sp³-hybridized carbons (Fsp3) is 0. The van der Waals surface area contributed by atoms with Gasteiger partial charge in [0.1, 0.15) is 11.5 Å². The van der Waals surface area contributed by atoms with Crippen molar-refractivity contribution in [1.82, 2.24) is 0 Å². The van der Waals surface area contributed by atoms with E-state index in [4.69, 9.17) is 4.74 Å². The van der Waals surface area contributed by atoms with Gasteiger partial charge in [0.25, 0.3) is 0 Å². The molecule has 2 nitrogen and oxygen atoms in total. The third kappa shape index (κ3) is 5.39. The molecule has 3 heteroatoms. The minimum absolute atomic E-state index is 0.906. The Kier molecular flexibility index (Phi) is 7.14. The number of nitrogens with zero attached hydrogens (tertiary/aromatic N) is 1. The second kappa shape index (κ2) is 11.9. The van der Waals surface area contributed by atoms with Crippen molar-refractivity contribution in [3.63, 3.8) is 0 Å². The van der Waals surface area contributed by atoms with Gasteiger partial charge in [-0.25, -0.2) is 0 Å². The van der Waals surface area contributed by atoms with Gasteiger partial charge in [0, 0.05) is 22.6 Å². The van der Waals surface area contributed by atoms with Gasteiger partial charge in [0.15, 0.2) is 0 Å². The Balaban J connectivity index is 1.16. The van der Waals surface area contributed by atoms with Crippen LogP contribution in [0.3, 0.4) is 0 Å². The monoisotopic (exact) mass is 595 g/mol. The molecule has 0 amide bonds. The molecule has 45 heavy (non-hydrogen) atoms. The van der Waals surface area contributed by atoms with E-state index in [1.807, 2.05) is 12.1 Å². The van der Waals surface area contributed by atoms with Crippen molar-refractivity contribution < 1.29 is 4.74 Å². The van der Waals surface area contributed by atoms with Gasteiger partial charge in [-0.05, 0) is 82.4 Å². The van der Waals surface area contributed by atoms with E-state index in [2.05, 4.69) is 169 Å². The summed E-state index contributed by atoms with van der Waals surface area (Å²) in [5.41, 5.74) is 10.3. The van der Waals surface area contributed by atoms with E-state index in [-0.39, 0.29) is 0 Å². The molecule has 0 atom stereocenters. The zero-order valence-corrected chi connectivity index (χ0v) is 25.3. The van der Waals surface area contributed by atoms with E-state index in [1.54, 1.807) is 11.8 Å². The summed E-state index contributed by atoms with van der Waals surface area (Å²) in [6.45, 7) is 0. The number of anilines is 3. The van der Waals surface area contributed by atoms with Crippen molar-refractivity contribution in [2.45, 2.75) is 9.79 Å². The number of fused-ring (bicyclic) bond motifs is 2. The highest BCUT2D eigenvalue weighted by atomic mass is 32.2. The fourth-order valence-electron chi connectivity index (χ4n) is 5.88. The molecular formula is C42H29NOS. The SMILES string of the molecule is c1ccc(-c2ccc(N(c3ccc(-c4ccccc4)cc3)c3ccc(-c4cccc5c4Oc4ccccc4S5)cc3)cc2)cc1. The molecule has 0 bridgehead atoms. The molecule has 0 aliphatic carbocycles. The number of ether oxygens (including phenoxy) is 1. The number of benzene rings is 7. The van der Waals surface area contributed by atoms with Gasteiger partial charge < -0.3 is 9.64 Å². The Labute approximate surface area is 268 Å². The smallest absolute Gasteiger partial charge is 0.149 e. The van der Waals surface area contributed by atoms with Crippen LogP contribution in [-0.4, -0.2) is 0 Å². The molecule has 0 N–H and O–H groups in total. The topological polar surface area (TPSA) is 12.5 Å². The van der Waals surface area contributed by atoms with E-state index < -0.39 is 0 Å². The van der Waals surface area contributed by atoms with Crippen LogP contribution in [0.1, 0.15) is 0 Å². The summed E-state index contributed by atoms with van der Waals surface area (Å²) in [6, 6.07) is 62.1. The van der Waals surface area contributed by atoms with Gasteiger partial charge in [0.2, 0.25) is 0 Å². The van der Waals surface area contributed by atoms with Gasteiger partial charge >= 0.3 is 0 Å². The molecule has 0 radical (unpaired) electrons. The average molecular weight is 596 g/mol. The minimum atomic E-state index is 0.906. The van der Waals surface area contributed by atoms with Crippen molar-refractivity contribution in [1.29, 1.82) is 0 Å². The van der Waals surface area contributed by atoms with Crippen LogP contribution < -0.4 is 9.64 Å². The molecule has 1 aliphatic rings. The predicted molar refractivity (Wildman–Crippen MR) is 188 cm³/mol. The third-order valence-corrected chi connectivity index (χ3v) is 9.26. The van der Waals surface area contributed by atoms with Crippen molar-refractivity contribution in [2.75, 3.05) is 4.90 Å². The lowest BCUT2D eigenvalue weighted by atomic mass is 10.0. The lowest BCUT2D eigenvalue weighted by molar-refractivity contribution is 0.456. The highest BCUT2D eigenvalue weighted by Gasteiger charge is 2.21. The normalized spacial score (nSPS) is 11.6. The maximum absolute atomic E-state index is 6.44. The van der Waals surface area contributed by atoms with E-state index in [9.17, 15) is 0 Å². The van der Waals surface area contributed by atoms with E-state index in [0.717, 1.165) is 49.5 Å². The lowest BCUT2D eigenvalue weighted by Crippen LogP contribution is -2.09. The molecule has 0 unspecified atom stereocenters. The molecule has 8 rings (SSSR count). The first-order valence-corrected chi connectivity index (χ1v) is 15.9. The fourth-order valence-corrected chi connectivity index (χ4v) is 6.87. The van der Waals surface area contributed by atoms with Crippen LogP contribution >= 0.6 is 11.8 Å². The molecule has 0 spiro atoms. The Morgan fingerprint density at radius 3 is 1.36 bits per heavy atom. The van der Waals surface area contributed by atoms with Crippen LogP contribution in [0.15, 0.2) is 186 Å². The standard InChI is InChI=1S/C42H29NOS/c1-3-10-30(11-4-1)32-18-24-35(25-19-32)43(36-26-20-33(21-27-36)31-12-5-2-6-13-31)37-28-22-34(23-29-37)38-14-9-17-41-42(38)44-39-15-7-8-16-40(39)45-41/h1-29H. The van der Waals surface area contributed by atoms with Crippen molar-refractivity contribution in [3.8, 4) is 44.9 Å². The Hall–Kier alpha value is -5.51. The van der Waals surface area contributed by atoms with Crippen LogP contribution in [0.25, 0.3) is 33.4 Å². The molecule has 0 fully saturated rings. The molecule has 1 aliphatic heterocycles. The summed E-state index contributed by atoms with van der Waals surface area (Å²) in [7, 11) is 0. The summed E-state index contributed by atoms with van der Waals surface area (Å²) in [5, 5.41) is 0. The van der Waals surface area contributed by atoms with E-state index in [0.29, 0.717) is 0 Å². The number of rotatable bonds is 6. The van der Waals surface area contributed by atoms with Crippen LogP contribution in [0.5, 0.6) is 11.5 Å². The summed E-state index contributed by atoms with van der Waals surface area (Å²) < 4.78 is 6.44. The van der Waals surface area contributed by atoms with Gasteiger partial charge in [-0.1, -0.05) is 133 Å². The molecular weight excluding hydrogens is 567 g/mol. The molecule has 0 aromatic heterocycles. The lowest BCUT2D eigenvalue weighted by Gasteiger charge is -2.26. The molecule has 0 saturated carbocycles. The summed E-state index contributed by atoms with van der Waals surface area (Å²) in [4.78, 5) is 4.59. The average Bonchev–Trinajstić information content (AvgIpc) is 3.12. The zero-order valence-electron chi connectivity index (χ0n) is 24.5. The van der Waals surface area contributed by atoms with Gasteiger partial charge in [-0.15, -0.1) is 0 Å². The predicted octanol–water partition coefficient (Wildman–Crippen LogP) is 12.4. The summed E-state index contributed by atoms with van der Waals surface area (Å²) >= 11 is 1.76. The number of hydrogen-bond donors (Lipinski definition) is 0. The summed E-state index contributed by atoms with van der Waals surface area (Å²) in [6.07, 6.45) is 0. The van der Waals surface area contributed by atoms with Crippen LogP contribution in [-0.2, 0) is 0 Å². The second-order valence-corrected chi connectivity index (χ2v) is 12.1. The number of para-hydroxylation sites is 2. The summed E-state index contributed by atoms with van der Waals surface area (Å²) in [5.74, 6) is 1.82.